The fourth-order valence-corrected chi connectivity index (χ4v) is 4.28. The summed E-state index contributed by atoms with van der Waals surface area (Å²) >= 11 is 6.20. The Hall–Kier alpha value is -4.09. The average Bonchev–Trinajstić information content (AvgIpc) is 3.31. The predicted molar refractivity (Wildman–Crippen MR) is 151 cm³/mol. The maximum atomic E-state index is 13.5. The number of rotatable bonds is 9. The Labute approximate surface area is 233 Å². The molecule has 4 rings (SSSR count). The summed E-state index contributed by atoms with van der Waals surface area (Å²) in [4.78, 5) is 36.0. The van der Waals surface area contributed by atoms with Gasteiger partial charge in [0, 0.05) is 22.9 Å². The third-order valence-electron chi connectivity index (χ3n) is 6.16. The van der Waals surface area contributed by atoms with Gasteiger partial charge in [-0.2, -0.15) is 13.2 Å². The smallest absolute Gasteiger partial charge is 0.356 e. The molecule has 0 fully saturated rings. The highest BCUT2D eigenvalue weighted by Gasteiger charge is 2.35. The van der Waals surface area contributed by atoms with Crippen molar-refractivity contribution >= 4 is 51.8 Å². The molecular formula is C28H28ClF3N6O2. The van der Waals surface area contributed by atoms with Gasteiger partial charge in [-0.25, -0.2) is 4.98 Å². The molecule has 4 N–H and O–H groups in total. The number of nitrogens with zero attached hydrogens (tertiary/aromatic N) is 2. The number of imidazole rings is 1. The van der Waals surface area contributed by atoms with E-state index < -0.39 is 29.1 Å². The van der Waals surface area contributed by atoms with Crippen LogP contribution in [0.5, 0.6) is 0 Å². The summed E-state index contributed by atoms with van der Waals surface area (Å²) in [6.07, 6.45) is -3.88. The topological polar surface area (TPSA) is 102 Å². The molecule has 1 heterocycles. The number of H-pyrrole nitrogens is 1. The van der Waals surface area contributed by atoms with Crippen LogP contribution in [0.4, 0.5) is 30.5 Å². The zero-order valence-electron chi connectivity index (χ0n) is 22.0. The summed E-state index contributed by atoms with van der Waals surface area (Å²) < 4.78 is 40.5. The minimum Gasteiger partial charge on any atom is -0.356 e. The lowest BCUT2D eigenvalue weighted by molar-refractivity contribution is -0.137. The molecule has 0 aliphatic carbocycles. The molecule has 0 unspecified atom stereocenters. The monoisotopic (exact) mass is 572 g/mol. The fraction of sp³-hybridized carbons (Fsp3) is 0.250. The molecule has 0 spiro atoms. The van der Waals surface area contributed by atoms with Crippen LogP contribution in [-0.2, 0) is 6.18 Å². The average molecular weight is 573 g/mol. The summed E-state index contributed by atoms with van der Waals surface area (Å²) in [5.41, 5.74) is 0.492. The van der Waals surface area contributed by atoms with Gasteiger partial charge in [0.25, 0.3) is 11.8 Å². The third-order valence-corrected chi connectivity index (χ3v) is 6.57. The number of benzene rings is 3. The Kier molecular flexibility index (Phi) is 8.65. The van der Waals surface area contributed by atoms with Crippen LogP contribution in [0.3, 0.4) is 0 Å². The molecule has 210 valence electrons. The molecule has 4 aromatic rings. The van der Waals surface area contributed by atoms with Gasteiger partial charge < -0.3 is 25.8 Å². The minimum absolute atomic E-state index is 0.105. The first-order valence-corrected chi connectivity index (χ1v) is 12.8. The van der Waals surface area contributed by atoms with Crippen molar-refractivity contribution in [3.63, 3.8) is 0 Å². The van der Waals surface area contributed by atoms with Crippen LogP contribution in [0, 0.1) is 6.92 Å². The number of fused-ring (bicyclic) bond motifs is 1. The molecule has 0 aliphatic rings. The number of amides is 2. The van der Waals surface area contributed by atoms with Gasteiger partial charge in [-0.05, 0) is 75.9 Å². The Morgan fingerprint density at radius 1 is 1.00 bits per heavy atom. The van der Waals surface area contributed by atoms with Crippen molar-refractivity contribution in [3.05, 3.63) is 81.9 Å². The van der Waals surface area contributed by atoms with Crippen LogP contribution < -0.4 is 16.0 Å². The second-order valence-electron chi connectivity index (χ2n) is 9.45. The first-order chi connectivity index (χ1) is 18.9. The number of aromatic nitrogens is 2. The van der Waals surface area contributed by atoms with E-state index in [1.807, 2.05) is 19.0 Å². The number of aromatic amines is 1. The number of nitrogens with one attached hydrogen (secondary N) is 4. The number of anilines is 3. The molecule has 3 aromatic carbocycles. The van der Waals surface area contributed by atoms with E-state index in [0.717, 1.165) is 25.1 Å². The minimum atomic E-state index is -4.71. The standard InChI is InChI=1S/C28H28ClF3N6O2/c1-16-21(29)10-6-11-22(16)35-26(40)19-14-17(34-25(39)18-8-4-5-9-20(18)28(30,31)32)15-23-24(19)37-27(36-23)33-12-7-13-38(2)3/h4-6,8-11,14-15H,7,12-13H2,1-3H3,(H,34,39)(H,35,40)(H2,33,36,37). The number of hydrogen-bond donors (Lipinski definition) is 4. The van der Waals surface area contributed by atoms with E-state index in [-0.39, 0.29) is 11.3 Å². The Morgan fingerprint density at radius 3 is 2.45 bits per heavy atom. The Bertz CT molecular complexity index is 1550. The number of halogens is 4. The highest BCUT2D eigenvalue weighted by molar-refractivity contribution is 6.31. The second-order valence-corrected chi connectivity index (χ2v) is 9.86. The van der Waals surface area contributed by atoms with Crippen LogP contribution >= 0.6 is 11.6 Å². The maximum Gasteiger partial charge on any atom is 0.417 e. The first-order valence-electron chi connectivity index (χ1n) is 12.4. The lowest BCUT2D eigenvalue weighted by atomic mass is 10.1. The van der Waals surface area contributed by atoms with Crippen LogP contribution in [0.1, 0.15) is 38.3 Å². The van der Waals surface area contributed by atoms with E-state index in [1.54, 1.807) is 25.1 Å². The summed E-state index contributed by atoms with van der Waals surface area (Å²) in [7, 11) is 3.94. The summed E-state index contributed by atoms with van der Waals surface area (Å²) in [5.74, 6) is -1.09. The van der Waals surface area contributed by atoms with Crippen LogP contribution in [0.25, 0.3) is 11.0 Å². The predicted octanol–water partition coefficient (Wildman–Crippen LogP) is 6.41. The van der Waals surface area contributed by atoms with E-state index in [2.05, 4.69) is 25.9 Å². The summed E-state index contributed by atoms with van der Waals surface area (Å²) in [5, 5.41) is 8.96. The Balaban J connectivity index is 1.69. The van der Waals surface area contributed by atoms with Gasteiger partial charge in [-0.15, -0.1) is 0 Å². The molecule has 0 radical (unpaired) electrons. The van der Waals surface area contributed by atoms with Gasteiger partial charge in [-0.3, -0.25) is 9.59 Å². The Morgan fingerprint density at radius 2 is 1.73 bits per heavy atom. The van der Waals surface area contributed by atoms with Gasteiger partial charge in [0.2, 0.25) is 5.95 Å². The molecule has 1 aromatic heterocycles. The first kappa shape index (κ1) is 28.9. The number of carbonyl (C=O) groups is 2. The number of carbonyl (C=O) groups excluding carboxylic acids is 2. The van der Waals surface area contributed by atoms with Crippen molar-refractivity contribution < 1.29 is 22.8 Å². The quantitative estimate of drug-likeness (QED) is 0.174. The normalized spacial score (nSPS) is 11.6. The molecule has 0 saturated heterocycles. The van der Waals surface area contributed by atoms with Crippen molar-refractivity contribution in [1.82, 2.24) is 14.9 Å². The molecule has 12 heteroatoms. The molecule has 0 aliphatic heterocycles. The van der Waals surface area contributed by atoms with Crippen molar-refractivity contribution in [3.8, 4) is 0 Å². The van der Waals surface area contributed by atoms with Crippen LogP contribution in [0.15, 0.2) is 54.6 Å². The van der Waals surface area contributed by atoms with E-state index in [1.165, 1.54) is 24.3 Å². The van der Waals surface area contributed by atoms with E-state index in [4.69, 9.17) is 11.6 Å². The summed E-state index contributed by atoms with van der Waals surface area (Å²) in [6, 6.07) is 12.5. The highest BCUT2D eigenvalue weighted by Crippen LogP contribution is 2.33. The van der Waals surface area contributed by atoms with Gasteiger partial charge in [0.1, 0.15) is 5.52 Å². The van der Waals surface area contributed by atoms with E-state index >= 15 is 0 Å². The molecule has 40 heavy (non-hydrogen) atoms. The second kappa shape index (κ2) is 12.0. The van der Waals surface area contributed by atoms with Crippen LogP contribution in [0.2, 0.25) is 5.02 Å². The van der Waals surface area contributed by atoms with Crippen molar-refractivity contribution in [1.29, 1.82) is 0 Å². The zero-order chi connectivity index (χ0) is 29.0. The van der Waals surface area contributed by atoms with Gasteiger partial charge >= 0.3 is 6.18 Å². The molecule has 8 nitrogen and oxygen atoms in total. The zero-order valence-corrected chi connectivity index (χ0v) is 22.8. The van der Waals surface area contributed by atoms with E-state index in [0.29, 0.717) is 39.8 Å². The van der Waals surface area contributed by atoms with Crippen molar-refractivity contribution in [2.45, 2.75) is 19.5 Å². The van der Waals surface area contributed by atoms with Crippen molar-refractivity contribution in [2.24, 2.45) is 0 Å². The molecule has 0 atom stereocenters. The molecular weight excluding hydrogens is 545 g/mol. The number of hydrogen-bond acceptors (Lipinski definition) is 5. The SMILES string of the molecule is Cc1c(Cl)cccc1NC(=O)c1cc(NC(=O)c2ccccc2C(F)(F)F)cc2[nH]c(NCCCN(C)C)nc12. The molecule has 0 bridgehead atoms. The lowest BCUT2D eigenvalue weighted by Gasteiger charge is -2.14. The largest absolute Gasteiger partial charge is 0.417 e. The summed E-state index contributed by atoms with van der Waals surface area (Å²) in [6.45, 7) is 3.22. The van der Waals surface area contributed by atoms with Gasteiger partial charge in [0.15, 0.2) is 0 Å². The molecule has 0 saturated carbocycles. The van der Waals surface area contributed by atoms with E-state index in [9.17, 15) is 22.8 Å². The number of alkyl halides is 3. The maximum absolute atomic E-state index is 13.5. The highest BCUT2D eigenvalue weighted by atomic mass is 35.5. The van der Waals surface area contributed by atoms with Crippen LogP contribution in [-0.4, -0.2) is 53.9 Å². The fourth-order valence-electron chi connectivity index (χ4n) is 4.11. The third kappa shape index (κ3) is 6.72. The van der Waals surface area contributed by atoms with Crippen molar-refractivity contribution in [2.75, 3.05) is 43.1 Å². The molecule has 2 amide bonds. The van der Waals surface area contributed by atoms with Gasteiger partial charge in [0.05, 0.1) is 22.2 Å². The lowest BCUT2D eigenvalue weighted by Crippen LogP contribution is -2.19. The van der Waals surface area contributed by atoms with Gasteiger partial charge in [-0.1, -0.05) is 29.8 Å².